The van der Waals surface area contributed by atoms with Crippen LogP contribution in [-0.4, -0.2) is 36.9 Å². The number of aryl methyl sites for hydroxylation is 1. The predicted octanol–water partition coefficient (Wildman–Crippen LogP) is 3.71. The lowest BCUT2D eigenvalue weighted by Gasteiger charge is -2.39. The molecule has 1 aromatic rings. The van der Waals surface area contributed by atoms with Crippen molar-refractivity contribution in [2.24, 2.45) is 0 Å². The lowest BCUT2D eigenvalue weighted by Crippen LogP contribution is -2.47. The van der Waals surface area contributed by atoms with Crippen LogP contribution in [0.4, 0.5) is 0 Å². The highest BCUT2D eigenvalue weighted by Gasteiger charge is 2.40. The zero-order valence-corrected chi connectivity index (χ0v) is 14.7. The van der Waals surface area contributed by atoms with E-state index >= 15 is 0 Å². The first-order valence-corrected chi connectivity index (χ1v) is 9.40. The highest BCUT2D eigenvalue weighted by Crippen LogP contribution is 2.39. The summed E-state index contributed by atoms with van der Waals surface area (Å²) in [5, 5.41) is 3.82. The molecule has 3 atom stereocenters. The molecule has 22 heavy (non-hydrogen) atoms. The van der Waals surface area contributed by atoms with Gasteiger partial charge in [-0.3, -0.25) is 0 Å². The molecular weight excluding hydrogens is 294 g/mol. The molecule has 2 heterocycles. The van der Waals surface area contributed by atoms with Gasteiger partial charge in [-0.2, -0.15) is 11.8 Å². The molecule has 2 aliphatic heterocycles. The number of rotatable bonds is 4. The summed E-state index contributed by atoms with van der Waals surface area (Å²) in [7, 11) is 1.75. The topological polar surface area (TPSA) is 30.5 Å². The maximum absolute atomic E-state index is 6.12. The Morgan fingerprint density at radius 1 is 1.45 bits per heavy atom. The van der Waals surface area contributed by atoms with Gasteiger partial charge in [-0.15, -0.1) is 0 Å². The van der Waals surface area contributed by atoms with Gasteiger partial charge in [-0.25, -0.2) is 0 Å². The number of benzene rings is 1. The Labute approximate surface area is 138 Å². The minimum absolute atomic E-state index is 0.136. The van der Waals surface area contributed by atoms with E-state index in [-0.39, 0.29) is 5.60 Å². The second kappa shape index (κ2) is 6.81. The predicted molar refractivity (Wildman–Crippen MR) is 92.9 cm³/mol. The van der Waals surface area contributed by atoms with Gasteiger partial charge in [0.1, 0.15) is 5.75 Å². The molecule has 2 saturated heterocycles. The van der Waals surface area contributed by atoms with Crippen molar-refractivity contribution in [3.63, 3.8) is 0 Å². The van der Waals surface area contributed by atoms with E-state index in [1.54, 1.807) is 7.11 Å². The van der Waals surface area contributed by atoms with Crippen LogP contribution in [0.5, 0.6) is 5.75 Å². The zero-order chi connectivity index (χ0) is 15.6. The number of thioether (sulfide) groups is 1. The van der Waals surface area contributed by atoms with Gasteiger partial charge in [0.05, 0.1) is 12.7 Å². The van der Waals surface area contributed by atoms with E-state index in [0.29, 0.717) is 12.1 Å². The summed E-state index contributed by atoms with van der Waals surface area (Å²) in [6, 6.07) is 7.24. The first-order valence-electron chi connectivity index (χ1n) is 8.24. The van der Waals surface area contributed by atoms with Gasteiger partial charge in [0.2, 0.25) is 0 Å². The van der Waals surface area contributed by atoms with Crippen LogP contribution >= 0.6 is 11.8 Å². The lowest BCUT2D eigenvalue weighted by molar-refractivity contribution is -0.0712. The van der Waals surface area contributed by atoms with Crippen molar-refractivity contribution in [1.82, 2.24) is 5.32 Å². The third-order valence-corrected chi connectivity index (χ3v) is 6.12. The molecule has 3 nitrogen and oxygen atoms in total. The summed E-state index contributed by atoms with van der Waals surface area (Å²) in [4.78, 5) is 0. The summed E-state index contributed by atoms with van der Waals surface area (Å²) in [6.07, 6.45) is 3.45. The molecule has 1 spiro atoms. The number of ether oxygens (including phenoxy) is 2. The van der Waals surface area contributed by atoms with Crippen LogP contribution in [0.15, 0.2) is 18.2 Å². The van der Waals surface area contributed by atoms with Crippen molar-refractivity contribution in [1.29, 1.82) is 0 Å². The van der Waals surface area contributed by atoms with Crippen LogP contribution in [0, 0.1) is 6.92 Å². The van der Waals surface area contributed by atoms with Gasteiger partial charge in [0, 0.05) is 30.0 Å². The highest BCUT2D eigenvalue weighted by atomic mass is 32.2. The van der Waals surface area contributed by atoms with Gasteiger partial charge in [0.25, 0.3) is 0 Å². The standard InChI is InChI=1S/C18H27NO2S/c1-13-4-5-17(20-3)16(10-13)14(2)19-15-6-8-21-18(11-15)7-9-22-12-18/h4-5,10,14-15,19H,6-9,11-12H2,1-3H3. The number of methoxy groups -OCH3 is 1. The fourth-order valence-corrected chi connectivity index (χ4v) is 5.05. The minimum atomic E-state index is 0.136. The van der Waals surface area contributed by atoms with E-state index in [0.717, 1.165) is 31.0 Å². The second-order valence-corrected chi connectivity index (χ2v) is 7.76. The van der Waals surface area contributed by atoms with Crippen LogP contribution in [0.3, 0.4) is 0 Å². The van der Waals surface area contributed by atoms with Crippen LogP contribution in [-0.2, 0) is 4.74 Å². The van der Waals surface area contributed by atoms with Crippen molar-refractivity contribution in [2.45, 2.75) is 50.8 Å². The minimum Gasteiger partial charge on any atom is -0.496 e. The molecule has 0 amide bonds. The molecule has 2 fully saturated rings. The Morgan fingerprint density at radius 2 is 2.32 bits per heavy atom. The molecular formula is C18H27NO2S. The molecule has 1 N–H and O–H groups in total. The van der Waals surface area contributed by atoms with E-state index in [1.807, 2.05) is 11.8 Å². The van der Waals surface area contributed by atoms with Gasteiger partial charge >= 0.3 is 0 Å². The van der Waals surface area contributed by atoms with Crippen molar-refractivity contribution in [3.05, 3.63) is 29.3 Å². The lowest BCUT2D eigenvalue weighted by atomic mass is 9.89. The monoisotopic (exact) mass is 321 g/mol. The first-order chi connectivity index (χ1) is 10.6. The smallest absolute Gasteiger partial charge is 0.123 e. The van der Waals surface area contributed by atoms with Gasteiger partial charge in [0.15, 0.2) is 0 Å². The molecule has 122 valence electrons. The SMILES string of the molecule is COc1ccc(C)cc1C(C)NC1CCOC2(CCSC2)C1. The quantitative estimate of drug-likeness (QED) is 0.916. The van der Waals surface area contributed by atoms with Crippen molar-refractivity contribution < 1.29 is 9.47 Å². The number of nitrogens with one attached hydrogen (secondary N) is 1. The average molecular weight is 321 g/mol. The van der Waals surface area contributed by atoms with Crippen molar-refractivity contribution in [2.75, 3.05) is 25.2 Å². The molecule has 4 heteroatoms. The summed E-state index contributed by atoms with van der Waals surface area (Å²) >= 11 is 2.03. The van der Waals surface area contributed by atoms with Crippen molar-refractivity contribution in [3.8, 4) is 5.75 Å². The van der Waals surface area contributed by atoms with Crippen molar-refractivity contribution >= 4 is 11.8 Å². The highest BCUT2D eigenvalue weighted by molar-refractivity contribution is 7.99. The Morgan fingerprint density at radius 3 is 3.05 bits per heavy atom. The molecule has 0 aromatic heterocycles. The summed E-state index contributed by atoms with van der Waals surface area (Å²) < 4.78 is 11.7. The maximum atomic E-state index is 6.12. The fourth-order valence-electron chi connectivity index (χ4n) is 3.67. The van der Waals surface area contributed by atoms with Crippen LogP contribution < -0.4 is 10.1 Å². The average Bonchev–Trinajstić information content (AvgIpc) is 2.95. The molecule has 0 saturated carbocycles. The van der Waals surface area contributed by atoms with Gasteiger partial charge in [-0.1, -0.05) is 17.7 Å². The Kier molecular flexibility index (Phi) is 5.00. The summed E-state index contributed by atoms with van der Waals surface area (Å²) in [5.41, 5.74) is 2.67. The van der Waals surface area contributed by atoms with E-state index in [9.17, 15) is 0 Å². The van der Waals surface area contributed by atoms with E-state index < -0.39 is 0 Å². The molecule has 1 aromatic carbocycles. The third kappa shape index (κ3) is 3.44. The Hall–Kier alpha value is -0.710. The van der Waals surface area contributed by atoms with E-state index in [2.05, 4.69) is 37.4 Å². The second-order valence-electron chi connectivity index (χ2n) is 6.66. The molecule has 2 aliphatic rings. The Balaban J connectivity index is 1.68. The third-order valence-electron chi connectivity index (χ3n) is 4.90. The first kappa shape index (κ1) is 16.2. The number of hydrogen-bond acceptors (Lipinski definition) is 4. The Bertz CT molecular complexity index is 514. The molecule has 3 rings (SSSR count). The molecule has 3 unspecified atom stereocenters. The summed E-state index contributed by atoms with van der Waals surface area (Å²) in [6.45, 7) is 5.26. The number of hydrogen-bond donors (Lipinski definition) is 1. The molecule has 0 radical (unpaired) electrons. The maximum Gasteiger partial charge on any atom is 0.123 e. The molecule has 0 aliphatic carbocycles. The van der Waals surface area contributed by atoms with Crippen LogP contribution in [0.25, 0.3) is 0 Å². The van der Waals surface area contributed by atoms with Gasteiger partial charge in [-0.05, 0) is 44.9 Å². The van der Waals surface area contributed by atoms with Crippen LogP contribution in [0.1, 0.15) is 43.4 Å². The van der Waals surface area contributed by atoms with E-state index in [4.69, 9.17) is 9.47 Å². The zero-order valence-electron chi connectivity index (χ0n) is 13.9. The normalized spacial score (nSPS) is 29.7. The molecule has 0 bridgehead atoms. The fraction of sp³-hybridized carbons (Fsp3) is 0.667. The van der Waals surface area contributed by atoms with E-state index in [1.165, 1.54) is 23.3 Å². The summed E-state index contributed by atoms with van der Waals surface area (Å²) in [5.74, 6) is 3.38. The van der Waals surface area contributed by atoms with Crippen LogP contribution in [0.2, 0.25) is 0 Å². The van der Waals surface area contributed by atoms with Gasteiger partial charge < -0.3 is 14.8 Å². The largest absolute Gasteiger partial charge is 0.496 e.